The number of urea groups is 1. The van der Waals surface area contributed by atoms with Gasteiger partial charge in [-0.15, -0.1) is 0 Å². The molecule has 11 heteroatoms. The van der Waals surface area contributed by atoms with E-state index in [1.807, 2.05) is 13.0 Å². The molecule has 8 nitrogen and oxygen atoms in total. The zero-order valence-corrected chi connectivity index (χ0v) is 17.1. The van der Waals surface area contributed by atoms with Gasteiger partial charge in [-0.2, -0.15) is 0 Å². The van der Waals surface area contributed by atoms with E-state index < -0.39 is 29.2 Å². The van der Waals surface area contributed by atoms with Gasteiger partial charge in [-0.3, -0.25) is 0 Å². The van der Waals surface area contributed by atoms with Gasteiger partial charge in [0, 0.05) is 45.3 Å². The van der Waals surface area contributed by atoms with E-state index in [1.165, 1.54) is 4.90 Å². The number of ether oxygens (including phenoxy) is 1. The molecule has 0 aliphatic carbocycles. The Labute approximate surface area is 177 Å². The molecule has 0 saturated carbocycles. The second-order valence-corrected chi connectivity index (χ2v) is 7.36. The molecule has 2 aromatic rings. The number of hydrogen-bond donors (Lipinski definition) is 1. The molecule has 2 aliphatic rings. The quantitative estimate of drug-likeness (QED) is 0.745. The fraction of sp³-hybridized carbons (Fsp3) is 0.450. The summed E-state index contributed by atoms with van der Waals surface area (Å²) in [5.74, 6) is -2.05. The first kappa shape index (κ1) is 21.2. The Morgan fingerprint density at radius 1 is 0.935 bits per heavy atom. The minimum absolute atomic E-state index is 0.368. The van der Waals surface area contributed by atoms with E-state index >= 15 is 0 Å². The van der Waals surface area contributed by atoms with Crippen LogP contribution in [0.1, 0.15) is 5.82 Å². The molecular weight excluding hydrogens is 413 g/mol. The molecule has 2 fully saturated rings. The van der Waals surface area contributed by atoms with Crippen LogP contribution in [-0.2, 0) is 4.74 Å². The van der Waals surface area contributed by atoms with E-state index in [-0.39, 0.29) is 0 Å². The molecule has 2 aliphatic heterocycles. The summed E-state index contributed by atoms with van der Waals surface area (Å²) in [5, 5.41) is 2.31. The number of piperazine rings is 1. The molecule has 166 valence electrons. The smallest absolute Gasteiger partial charge is 0.322 e. The Morgan fingerprint density at radius 2 is 1.55 bits per heavy atom. The molecule has 2 saturated heterocycles. The van der Waals surface area contributed by atoms with Crippen molar-refractivity contribution in [2.24, 2.45) is 0 Å². The lowest BCUT2D eigenvalue weighted by Crippen LogP contribution is -2.50. The number of carbonyl (C=O) groups excluding carboxylic acids is 1. The van der Waals surface area contributed by atoms with Crippen LogP contribution in [0, 0.1) is 24.4 Å². The number of rotatable bonds is 3. The number of halogens is 3. The van der Waals surface area contributed by atoms with E-state index in [4.69, 9.17) is 4.74 Å². The Hall–Kier alpha value is -3.08. The maximum Gasteiger partial charge on any atom is 0.322 e. The highest BCUT2D eigenvalue weighted by Gasteiger charge is 2.25. The van der Waals surface area contributed by atoms with Crippen LogP contribution in [0.5, 0.6) is 0 Å². The van der Waals surface area contributed by atoms with Gasteiger partial charge in [0.2, 0.25) is 0 Å². The normalized spacial score (nSPS) is 17.1. The lowest BCUT2D eigenvalue weighted by molar-refractivity contribution is 0.122. The summed E-state index contributed by atoms with van der Waals surface area (Å²) in [6, 6.07) is 3.14. The van der Waals surface area contributed by atoms with Crippen LogP contribution in [0.15, 0.2) is 18.2 Å². The third-order valence-corrected chi connectivity index (χ3v) is 5.31. The molecule has 0 radical (unpaired) electrons. The molecule has 1 aromatic carbocycles. The van der Waals surface area contributed by atoms with Gasteiger partial charge in [0.15, 0.2) is 17.5 Å². The van der Waals surface area contributed by atoms with Crippen molar-refractivity contribution in [3.05, 3.63) is 41.5 Å². The molecule has 2 amide bonds. The number of aromatic nitrogens is 2. The van der Waals surface area contributed by atoms with Crippen LogP contribution in [0.2, 0.25) is 0 Å². The summed E-state index contributed by atoms with van der Waals surface area (Å²) < 4.78 is 45.7. The van der Waals surface area contributed by atoms with Gasteiger partial charge in [-0.1, -0.05) is 0 Å². The van der Waals surface area contributed by atoms with Gasteiger partial charge in [-0.25, -0.2) is 27.9 Å². The molecule has 0 spiro atoms. The number of anilines is 3. The minimum Gasteiger partial charge on any atom is -0.378 e. The second kappa shape index (κ2) is 8.96. The van der Waals surface area contributed by atoms with E-state index in [1.54, 1.807) is 0 Å². The van der Waals surface area contributed by atoms with Crippen molar-refractivity contribution in [3.8, 4) is 0 Å². The number of benzene rings is 1. The van der Waals surface area contributed by atoms with Crippen LogP contribution < -0.4 is 15.1 Å². The first-order valence-corrected chi connectivity index (χ1v) is 10.0. The summed E-state index contributed by atoms with van der Waals surface area (Å²) in [7, 11) is 0. The first-order valence-electron chi connectivity index (χ1n) is 10.0. The van der Waals surface area contributed by atoms with E-state index in [0.717, 1.165) is 36.9 Å². The highest BCUT2D eigenvalue weighted by atomic mass is 19.2. The predicted molar refractivity (Wildman–Crippen MR) is 109 cm³/mol. The summed E-state index contributed by atoms with van der Waals surface area (Å²) in [4.78, 5) is 27.2. The number of aryl methyl sites for hydroxylation is 1. The van der Waals surface area contributed by atoms with Gasteiger partial charge >= 0.3 is 6.03 Å². The topological polar surface area (TPSA) is 73.8 Å². The van der Waals surface area contributed by atoms with Crippen molar-refractivity contribution in [3.63, 3.8) is 0 Å². The monoisotopic (exact) mass is 436 g/mol. The number of nitrogens with zero attached hydrogens (tertiary/aromatic N) is 5. The van der Waals surface area contributed by atoms with Crippen molar-refractivity contribution in [1.29, 1.82) is 0 Å². The summed E-state index contributed by atoms with van der Waals surface area (Å²) in [6.07, 6.45) is 0. The maximum atomic E-state index is 13.8. The van der Waals surface area contributed by atoms with E-state index in [0.29, 0.717) is 45.2 Å². The molecule has 0 unspecified atom stereocenters. The number of hydrogen-bond acceptors (Lipinski definition) is 6. The standard InChI is InChI=1S/C20H23F3N6O2/c1-13-24-16(12-17(25-13)28-8-10-31-11-9-28)27-4-6-29(7-5-27)20(30)26-15-3-2-14(21)18(22)19(15)23/h2-3,12H,4-11H2,1H3,(H,26,30). The number of amides is 2. The Morgan fingerprint density at radius 3 is 2.19 bits per heavy atom. The average molecular weight is 436 g/mol. The fourth-order valence-corrected chi connectivity index (χ4v) is 3.61. The van der Waals surface area contributed by atoms with Crippen LogP contribution in [0.25, 0.3) is 0 Å². The number of carbonyl (C=O) groups is 1. The Balaban J connectivity index is 1.39. The molecule has 0 atom stereocenters. The predicted octanol–water partition coefficient (Wildman–Crippen LogP) is 2.39. The minimum atomic E-state index is -1.61. The number of morpholine rings is 1. The van der Waals surface area contributed by atoms with Crippen molar-refractivity contribution < 1.29 is 22.7 Å². The summed E-state index contributed by atoms with van der Waals surface area (Å²) in [5.41, 5.74) is -0.395. The zero-order valence-electron chi connectivity index (χ0n) is 17.1. The van der Waals surface area contributed by atoms with Gasteiger partial charge in [0.1, 0.15) is 17.5 Å². The number of nitrogens with one attached hydrogen (secondary N) is 1. The summed E-state index contributed by atoms with van der Waals surface area (Å²) in [6.45, 7) is 6.47. The third kappa shape index (κ3) is 4.66. The lowest BCUT2D eigenvalue weighted by atomic mass is 10.2. The highest BCUT2D eigenvalue weighted by Crippen LogP contribution is 2.23. The largest absolute Gasteiger partial charge is 0.378 e. The first-order chi connectivity index (χ1) is 14.9. The average Bonchev–Trinajstić information content (AvgIpc) is 2.79. The van der Waals surface area contributed by atoms with Crippen LogP contribution >= 0.6 is 0 Å². The van der Waals surface area contributed by atoms with Crippen LogP contribution in [0.4, 0.5) is 35.3 Å². The molecule has 3 heterocycles. The summed E-state index contributed by atoms with van der Waals surface area (Å²) >= 11 is 0. The Kier molecular flexibility index (Phi) is 6.12. The van der Waals surface area contributed by atoms with Crippen LogP contribution in [-0.4, -0.2) is 73.4 Å². The fourth-order valence-electron chi connectivity index (χ4n) is 3.61. The van der Waals surface area contributed by atoms with Gasteiger partial charge < -0.3 is 24.8 Å². The molecule has 1 N–H and O–H groups in total. The van der Waals surface area contributed by atoms with Gasteiger partial charge in [-0.05, 0) is 19.1 Å². The second-order valence-electron chi connectivity index (χ2n) is 7.36. The third-order valence-electron chi connectivity index (χ3n) is 5.31. The lowest BCUT2D eigenvalue weighted by Gasteiger charge is -2.36. The Bertz CT molecular complexity index is 962. The van der Waals surface area contributed by atoms with Crippen LogP contribution in [0.3, 0.4) is 0 Å². The van der Waals surface area contributed by atoms with E-state index in [9.17, 15) is 18.0 Å². The molecular formula is C20H23F3N6O2. The van der Waals surface area contributed by atoms with Crippen molar-refractivity contribution >= 4 is 23.4 Å². The molecule has 31 heavy (non-hydrogen) atoms. The highest BCUT2D eigenvalue weighted by molar-refractivity contribution is 5.89. The molecule has 4 rings (SSSR count). The van der Waals surface area contributed by atoms with Gasteiger partial charge in [0.25, 0.3) is 0 Å². The SMILES string of the molecule is Cc1nc(N2CCOCC2)cc(N2CCN(C(=O)Nc3ccc(F)c(F)c3F)CC2)n1. The molecule has 1 aromatic heterocycles. The van der Waals surface area contributed by atoms with Crippen molar-refractivity contribution in [2.75, 3.05) is 67.6 Å². The van der Waals surface area contributed by atoms with Gasteiger partial charge in [0.05, 0.1) is 18.9 Å². The maximum absolute atomic E-state index is 13.8. The molecule has 0 bridgehead atoms. The van der Waals surface area contributed by atoms with E-state index in [2.05, 4.69) is 25.1 Å². The zero-order chi connectivity index (χ0) is 22.0. The van der Waals surface area contributed by atoms with Crippen molar-refractivity contribution in [1.82, 2.24) is 14.9 Å². The van der Waals surface area contributed by atoms with Crippen molar-refractivity contribution in [2.45, 2.75) is 6.92 Å².